The molecule has 0 unspecified atom stereocenters. The van der Waals surface area contributed by atoms with Crippen molar-refractivity contribution in [1.82, 2.24) is 15.3 Å². The monoisotopic (exact) mass is 335 g/mol. The Morgan fingerprint density at radius 2 is 1.11 bits per heavy atom. The fourth-order valence-corrected chi connectivity index (χ4v) is 3.11. The van der Waals surface area contributed by atoms with Gasteiger partial charge in [0.25, 0.3) is 11.8 Å². The van der Waals surface area contributed by atoms with E-state index in [4.69, 9.17) is 46.4 Å². The van der Waals surface area contributed by atoms with E-state index in [1.165, 1.54) is 0 Å². The van der Waals surface area contributed by atoms with Gasteiger partial charge in [-0.2, -0.15) is 0 Å². The molecule has 0 saturated carbocycles. The van der Waals surface area contributed by atoms with Crippen molar-refractivity contribution in [2.45, 2.75) is 0 Å². The van der Waals surface area contributed by atoms with Crippen LogP contribution < -0.4 is 5.32 Å². The van der Waals surface area contributed by atoms with Crippen LogP contribution in [-0.2, 0) is 0 Å². The van der Waals surface area contributed by atoms with E-state index >= 15 is 0 Å². The summed E-state index contributed by atoms with van der Waals surface area (Å²) in [6, 6.07) is 0. The largest absolute Gasteiger partial charge is 0.288 e. The number of carbonyl (C=O) groups is 2. The second kappa shape index (κ2) is 4.18. The van der Waals surface area contributed by atoms with E-state index in [1.54, 1.807) is 0 Å². The Morgan fingerprint density at radius 1 is 0.684 bits per heavy atom. The third kappa shape index (κ3) is 1.70. The molecule has 0 bridgehead atoms. The van der Waals surface area contributed by atoms with E-state index in [0.717, 1.165) is 0 Å². The maximum absolute atomic E-state index is 11.8. The molecule has 0 spiro atoms. The normalized spacial score (nSPS) is 13.9. The molecule has 5 nitrogen and oxygen atoms in total. The van der Waals surface area contributed by atoms with Gasteiger partial charge >= 0.3 is 0 Å². The Kier molecular flexibility index (Phi) is 2.83. The van der Waals surface area contributed by atoms with Gasteiger partial charge in [-0.05, 0) is 0 Å². The maximum Gasteiger partial charge on any atom is 0.261 e. The summed E-state index contributed by atoms with van der Waals surface area (Å²) in [5.74, 6) is -1.37. The van der Waals surface area contributed by atoms with Gasteiger partial charge in [0.2, 0.25) is 0 Å². The number of amides is 2. The van der Waals surface area contributed by atoms with Gasteiger partial charge in [0.05, 0.1) is 16.5 Å². The van der Waals surface area contributed by atoms with Crippen LogP contribution in [0.1, 0.15) is 20.7 Å². The number of halogens is 4. The lowest BCUT2D eigenvalue weighted by Gasteiger charge is -2.18. The van der Waals surface area contributed by atoms with E-state index in [1.807, 2.05) is 0 Å². The molecule has 96 valence electrons. The molecule has 0 aliphatic carbocycles. The first-order chi connectivity index (χ1) is 8.91. The van der Waals surface area contributed by atoms with Gasteiger partial charge in [0, 0.05) is 5.39 Å². The van der Waals surface area contributed by atoms with Crippen LogP contribution in [-0.4, -0.2) is 21.8 Å². The first-order valence-electron chi connectivity index (χ1n) is 4.81. The third-order valence-electron chi connectivity index (χ3n) is 2.65. The molecule has 2 aromatic rings. The molecule has 1 N–H and O–H groups in total. The molecule has 0 saturated heterocycles. The predicted octanol–water partition coefficient (Wildman–Crippen LogP) is 3.13. The van der Waals surface area contributed by atoms with Crippen molar-refractivity contribution in [3.8, 4) is 0 Å². The van der Waals surface area contributed by atoms with Gasteiger partial charge in [0.15, 0.2) is 0 Å². The number of imide groups is 1. The van der Waals surface area contributed by atoms with Crippen LogP contribution in [0.15, 0.2) is 0 Å². The third-order valence-corrected chi connectivity index (χ3v) is 3.74. The quantitative estimate of drug-likeness (QED) is 0.592. The minimum Gasteiger partial charge on any atom is -0.288 e. The Labute approximate surface area is 125 Å². The summed E-state index contributed by atoms with van der Waals surface area (Å²) in [6.07, 6.45) is 0. The predicted molar refractivity (Wildman–Crippen MR) is 71.4 cm³/mol. The van der Waals surface area contributed by atoms with Gasteiger partial charge in [-0.1, -0.05) is 46.4 Å². The summed E-state index contributed by atoms with van der Waals surface area (Å²) in [5, 5.41) is 2.06. The van der Waals surface area contributed by atoms with E-state index in [0.29, 0.717) is 0 Å². The lowest BCUT2D eigenvalue weighted by atomic mass is 10.00. The van der Waals surface area contributed by atoms with E-state index < -0.39 is 11.8 Å². The zero-order valence-electron chi connectivity index (χ0n) is 8.72. The average molecular weight is 337 g/mol. The van der Waals surface area contributed by atoms with Crippen molar-refractivity contribution in [1.29, 1.82) is 0 Å². The molecule has 0 fully saturated rings. The zero-order valence-corrected chi connectivity index (χ0v) is 11.7. The number of nitrogens with zero attached hydrogens (tertiary/aromatic N) is 2. The highest BCUT2D eigenvalue weighted by molar-refractivity contribution is 6.47. The zero-order chi connectivity index (χ0) is 13.9. The van der Waals surface area contributed by atoms with Crippen molar-refractivity contribution < 1.29 is 9.59 Å². The summed E-state index contributed by atoms with van der Waals surface area (Å²) in [5.41, 5.74) is 0.00346. The molecule has 0 aromatic carbocycles. The Hall–Kier alpha value is -1.14. The smallest absolute Gasteiger partial charge is 0.261 e. The van der Waals surface area contributed by atoms with E-state index in [2.05, 4.69) is 15.3 Å². The van der Waals surface area contributed by atoms with Crippen LogP contribution >= 0.6 is 46.4 Å². The minimum atomic E-state index is -0.685. The number of pyridine rings is 2. The molecule has 0 atom stereocenters. The van der Waals surface area contributed by atoms with Crippen molar-refractivity contribution in [2.24, 2.45) is 0 Å². The van der Waals surface area contributed by atoms with Crippen LogP contribution in [0.2, 0.25) is 20.6 Å². The van der Waals surface area contributed by atoms with Gasteiger partial charge in [-0.15, -0.1) is 0 Å². The molecular formula is C10HCl4N3O2. The van der Waals surface area contributed by atoms with Gasteiger partial charge in [0.1, 0.15) is 20.6 Å². The second-order valence-electron chi connectivity index (χ2n) is 3.67. The summed E-state index contributed by atoms with van der Waals surface area (Å²) < 4.78 is 0. The van der Waals surface area contributed by atoms with Gasteiger partial charge in [-0.25, -0.2) is 9.97 Å². The number of nitrogens with one attached hydrogen (secondary N) is 1. The van der Waals surface area contributed by atoms with Crippen LogP contribution in [0.5, 0.6) is 0 Å². The number of hydrogen-bond donors (Lipinski definition) is 1. The summed E-state index contributed by atoms with van der Waals surface area (Å²) in [4.78, 5) is 31.3. The Bertz CT molecular complexity index is 730. The van der Waals surface area contributed by atoms with Crippen LogP contribution in [0.4, 0.5) is 0 Å². The first-order valence-corrected chi connectivity index (χ1v) is 6.32. The number of carbonyl (C=O) groups excluding carboxylic acids is 2. The standard InChI is InChI=1S/C10HCl4N3O2/c11-5-2-1-3(7(13)15-5)9(18)17-10(19)4(1)8(14)16-6(2)12/h(H,17,18,19). The summed E-state index contributed by atoms with van der Waals surface area (Å²) >= 11 is 23.6. The molecule has 2 aromatic heterocycles. The van der Waals surface area contributed by atoms with Crippen molar-refractivity contribution in [3.05, 3.63) is 31.7 Å². The number of rotatable bonds is 0. The highest BCUT2D eigenvalue weighted by Gasteiger charge is 2.33. The van der Waals surface area contributed by atoms with Crippen molar-refractivity contribution in [2.75, 3.05) is 0 Å². The average Bonchev–Trinajstić information content (AvgIpc) is 2.25. The second-order valence-corrected chi connectivity index (χ2v) is 5.10. The summed E-state index contributed by atoms with van der Waals surface area (Å²) in [6.45, 7) is 0. The molecule has 19 heavy (non-hydrogen) atoms. The fraction of sp³-hybridized carbons (Fsp3) is 0. The maximum atomic E-state index is 11.8. The SMILES string of the molecule is O=C1NC(=O)c2c(Cl)nc(Cl)c3c(Cl)nc(Cl)c1c23. The van der Waals surface area contributed by atoms with E-state index in [-0.39, 0.29) is 42.5 Å². The molecule has 3 heterocycles. The lowest BCUT2D eigenvalue weighted by molar-refractivity contribution is 0.0845. The first kappa shape index (κ1) is 12.9. The molecule has 9 heteroatoms. The molecule has 3 rings (SSSR count). The number of aromatic nitrogens is 2. The minimum absolute atomic E-state index is 0.00173. The Balaban J connectivity index is 2.68. The molecular weight excluding hydrogens is 336 g/mol. The molecule has 1 aliphatic rings. The molecule has 0 radical (unpaired) electrons. The van der Waals surface area contributed by atoms with Crippen LogP contribution in [0.25, 0.3) is 10.8 Å². The van der Waals surface area contributed by atoms with Crippen LogP contribution in [0, 0.1) is 0 Å². The molecule has 2 amide bonds. The van der Waals surface area contributed by atoms with E-state index in [9.17, 15) is 9.59 Å². The Morgan fingerprint density at radius 3 is 1.53 bits per heavy atom. The highest BCUT2D eigenvalue weighted by Crippen LogP contribution is 2.39. The molecule has 1 aliphatic heterocycles. The summed E-state index contributed by atoms with van der Waals surface area (Å²) in [7, 11) is 0. The van der Waals surface area contributed by atoms with Gasteiger partial charge < -0.3 is 0 Å². The topological polar surface area (TPSA) is 72.0 Å². The highest BCUT2D eigenvalue weighted by atomic mass is 35.5. The van der Waals surface area contributed by atoms with Crippen molar-refractivity contribution >= 4 is 69.0 Å². The fourth-order valence-electron chi connectivity index (χ4n) is 1.91. The van der Waals surface area contributed by atoms with Gasteiger partial charge in [-0.3, -0.25) is 14.9 Å². The van der Waals surface area contributed by atoms with Crippen LogP contribution in [0.3, 0.4) is 0 Å². The van der Waals surface area contributed by atoms with Crippen molar-refractivity contribution in [3.63, 3.8) is 0 Å². The number of hydrogen-bond acceptors (Lipinski definition) is 4. The lowest BCUT2D eigenvalue weighted by Crippen LogP contribution is -2.35.